The van der Waals surface area contributed by atoms with Crippen molar-refractivity contribution >= 4 is 39.2 Å². The monoisotopic (exact) mass is 363 g/mol. The van der Waals surface area contributed by atoms with Gasteiger partial charge in [-0.1, -0.05) is 31.5 Å². The summed E-state index contributed by atoms with van der Waals surface area (Å²) < 4.78 is 0. The maximum atomic E-state index is 12.4. The first-order valence-electron chi connectivity index (χ1n) is 8.62. The highest BCUT2D eigenvalue weighted by Gasteiger charge is 2.23. The number of amides is 1. The number of aryl methyl sites for hydroxylation is 3. The van der Waals surface area contributed by atoms with Crippen LogP contribution in [0.2, 0.25) is 0 Å². The molecular formula is C18H25N3OS2. The maximum absolute atomic E-state index is 12.4. The minimum absolute atomic E-state index is 0.118. The Morgan fingerprint density at radius 1 is 1.25 bits per heavy atom. The number of hydrogen-bond donors (Lipinski definition) is 1. The fourth-order valence-electron chi connectivity index (χ4n) is 3.33. The molecule has 2 aromatic heterocycles. The van der Waals surface area contributed by atoms with Crippen LogP contribution in [0.1, 0.15) is 48.9 Å². The van der Waals surface area contributed by atoms with Crippen LogP contribution in [0.25, 0.3) is 10.2 Å². The zero-order chi connectivity index (χ0) is 17.3. The lowest BCUT2D eigenvalue weighted by molar-refractivity contribution is -0.119. The van der Waals surface area contributed by atoms with Crippen LogP contribution in [-0.2, 0) is 4.79 Å². The molecule has 1 N–H and O–H groups in total. The van der Waals surface area contributed by atoms with Crippen LogP contribution >= 0.6 is 23.1 Å². The van der Waals surface area contributed by atoms with Crippen molar-refractivity contribution in [2.45, 2.75) is 64.4 Å². The van der Waals surface area contributed by atoms with Crippen molar-refractivity contribution in [3.05, 3.63) is 16.3 Å². The second-order valence-corrected chi connectivity index (χ2v) is 8.93. The van der Waals surface area contributed by atoms with Gasteiger partial charge < -0.3 is 5.32 Å². The predicted molar refractivity (Wildman–Crippen MR) is 102 cm³/mol. The summed E-state index contributed by atoms with van der Waals surface area (Å²) in [7, 11) is 0. The number of thioether (sulfide) groups is 1. The van der Waals surface area contributed by atoms with Crippen molar-refractivity contribution < 1.29 is 4.79 Å². The third-order valence-electron chi connectivity index (χ3n) is 4.91. The van der Waals surface area contributed by atoms with Gasteiger partial charge in [-0.15, -0.1) is 11.3 Å². The molecule has 1 aliphatic carbocycles. The van der Waals surface area contributed by atoms with Crippen molar-refractivity contribution in [1.29, 1.82) is 0 Å². The van der Waals surface area contributed by atoms with Crippen LogP contribution in [-0.4, -0.2) is 27.7 Å². The van der Waals surface area contributed by atoms with Crippen LogP contribution in [0.3, 0.4) is 0 Å². The first-order chi connectivity index (χ1) is 11.5. The van der Waals surface area contributed by atoms with Crippen molar-refractivity contribution in [3.8, 4) is 0 Å². The molecule has 2 heterocycles. The third-order valence-corrected chi connectivity index (χ3v) is 6.98. The van der Waals surface area contributed by atoms with Gasteiger partial charge in [-0.3, -0.25) is 4.79 Å². The second kappa shape index (κ2) is 7.40. The number of nitrogens with one attached hydrogen (secondary N) is 1. The van der Waals surface area contributed by atoms with Gasteiger partial charge >= 0.3 is 0 Å². The molecular weight excluding hydrogens is 338 g/mol. The van der Waals surface area contributed by atoms with E-state index < -0.39 is 0 Å². The van der Waals surface area contributed by atoms with Gasteiger partial charge in [-0.2, -0.15) is 0 Å². The summed E-state index contributed by atoms with van der Waals surface area (Å²) in [5, 5.41) is 5.27. The minimum atomic E-state index is 0.118. The Labute approximate surface area is 151 Å². The summed E-state index contributed by atoms with van der Waals surface area (Å²) in [6.07, 6.45) is 4.84. The Morgan fingerprint density at radius 3 is 2.75 bits per heavy atom. The van der Waals surface area contributed by atoms with E-state index in [0.29, 0.717) is 17.7 Å². The summed E-state index contributed by atoms with van der Waals surface area (Å²) in [6, 6.07) is 0.337. The van der Waals surface area contributed by atoms with E-state index in [1.54, 1.807) is 11.3 Å². The molecule has 0 radical (unpaired) electrons. The number of nitrogens with zero attached hydrogens (tertiary/aromatic N) is 2. The van der Waals surface area contributed by atoms with Crippen molar-refractivity contribution in [1.82, 2.24) is 15.3 Å². The largest absolute Gasteiger partial charge is 0.352 e. The fraction of sp³-hybridized carbons (Fsp3) is 0.611. The van der Waals surface area contributed by atoms with Crippen molar-refractivity contribution in [2.75, 3.05) is 5.75 Å². The van der Waals surface area contributed by atoms with Gasteiger partial charge in [0.15, 0.2) is 0 Å². The standard InChI is InChI=1S/C18H25N3OS2/c1-10-7-5-6-8-14(10)21-15(22)9-23-17-16-11(2)12(3)24-18(16)20-13(4)19-17/h10,14H,5-9H2,1-4H3,(H,21,22)/t10-,14+/m0/s1. The maximum Gasteiger partial charge on any atom is 0.230 e. The van der Waals surface area contributed by atoms with Gasteiger partial charge in [0.1, 0.15) is 15.7 Å². The lowest BCUT2D eigenvalue weighted by Crippen LogP contribution is -2.41. The smallest absolute Gasteiger partial charge is 0.230 e. The summed E-state index contributed by atoms with van der Waals surface area (Å²) in [5.74, 6) is 1.89. The number of carbonyl (C=O) groups is 1. The molecule has 0 aromatic carbocycles. The molecule has 1 fully saturated rings. The fourth-order valence-corrected chi connectivity index (χ4v) is 5.41. The van der Waals surface area contributed by atoms with Gasteiger partial charge in [-0.25, -0.2) is 9.97 Å². The second-order valence-electron chi connectivity index (χ2n) is 6.76. The Morgan fingerprint density at radius 2 is 2.00 bits per heavy atom. The first-order valence-corrected chi connectivity index (χ1v) is 10.4. The Hall–Kier alpha value is -1.14. The zero-order valence-electron chi connectivity index (χ0n) is 14.8. The molecule has 1 amide bonds. The molecule has 0 saturated heterocycles. The lowest BCUT2D eigenvalue weighted by atomic mass is 9.86. The zero-order valence-corrected chi connectivity index (χ0v) is 16.4. The van der Waals surface area contributed by atoms with Gasteiger partial charge in [0, 0.05) is 16.3 Å². The molecule has 2 atom stereocenters. The average molecular weight is 364 g/mol. The molecule has 0 spiro atoms. The molecule has 130 valence electrons. The van der Waals surface area contributed by atoms with Crippen LogP contribution in [0.4, 0.5) is 0 Å². The highest BCUT2D eigenvalue weighted by atomic mass is 32.2. The lowest BCUT2D eigenvalue weighted by Gasteiger charge is -2.29. The SMILES string of the molecule is Cc1nc(SCC(=O)N[C@@H]2CCCC[C@@H]2C)c2c(C)c(C)sc2n1. The van der Waals surface area contributed by atoms with E-state index in [-0.39, 0.29) is 5.91 Å². The highest BCUT2D eigenvalue weighted by Crippen LogP contribution is 2.35. The summed E-state index contributed by atoms with van der Waals surface area (Å²) in [5.41, 5.74) is 1.24. The van der Waals surface area contributed by atoms with E-state index in [2.05, 4.69) is 36.1 Å². The van der Waals surface area contributed by atoms with Crippen molar-refractivity contribution in [2.24, 2.45) is 5.92 Å². The van der Waals surface area contributed by atoms with E-state index >= 15 is 0 Å². The number of rotatable bonds is 4. The summed E-state index contributed by atoms with van der Waals surface area (Å²) in [4.78, 5) is 23.8. The van der Waals surface area contributed by atoms with Gasteiger partial charge in [0.25, 0.3) is 0 Å². The normalized spacial score (nSPS) is 21.2. The molecule has 2 aromatic rings. The number of thiophene rings is 1. The van der Waals surface area contributed by atoms with E-state index in [4.69, 9.17) is 0 Å². The molecule has 1 saturated carbocycles. The third kappa shape index (κ3) is 3.75. The average Bonchev–Trinajstić information content (AvgIpc) is 2.81. The van der Waals surface area contributed by atoms with Crippen LogP contribution in [0, 0.1) is 26.7 Å². The van der Waals surface area contributed by atoms with E-state index in [9.17, 15) is 4.79 Å². The van der Waals surface area contributed by atoms with E-state index in [1.165, 1.54) is 41.5 Å². The van der Waals surface area contributed by atoms with E-state index in [0.717, 1.165) is 27.5 Å². The molecule has 24 heavy (non-hydrogen) atoms. The van der Waals surface area contributed by atoms with Crippen molar-refractivity contribution in [3.63, 3.8) is 0 Å². The summed E-state index contributed by atoms with van der Waals surface area (Å²) >= 11 is 3.24. The topological polar surface area (TPSA) is 54.9 Å². The van der Waals surface area contributed by atoms with Crippen LogP contribution in [0.5, 0.6) is 0 Å². The minimum Gasteiger partial charge on any atom is -0.352 e. The number of hydrogen-bond acceptors (Lipinski definition) is 5. The summed E-state index contributed by atoms with van der Waals surface area (Å²) in [6.45, 7) is 8.38. The molecule has 0 aliphatic heterocycles. The number of fused-ring (bicyclic) bond motifs is 1. The van der Waals surface area contributed by atoms with Crippen LogP contribution in [0.15, 0.2) is 5.03 Å². The Balaban J connectivity index is 1.70. The molecule has 4 nitrogen and oxygen atoms in total. The Bertz CT molecular complexity index is 756. The molecule has 3 rings (SSSR count). The number of aromatic nitrogens is 2. The quantitative estimate of drug-likeness (QED) is 0.646. The molecule has 1 aliphatic rings. The first kappa shape index (κ1) is 17.7. The molecule has 6 heteroatoms. The van der Waals surface area contributed by atoms with Gasteiger partial charge in [0.2, 0.25) is 5.91 Å². The number of carbonyl (C=O) groups excluding carboxylic acids is 1. The van der Waals surface area contributed by atoms with E-state index in [1.807, 2.05) is 6.92 Å². The van der Waals surface area contributed by atoms with Gasteiger partial charge in [0.05, 0.1) is 5.75 Å². The molecule has 0 unspecified atom stereocenters. The Kier molecular flexibility index (Phi) is 5.45. The molecule has 0 bridgehead atoms. The van der Waals surface area contributed by atoms with Gasteiger partial charge in [-0.05, 0) is 45.1 Å². The van der Waals surface area contributed by atoms with Crippen LogP contribution < -0.4 is 5.32 Å². The highest BCUT2D eigenvalue weighted by molar-refractivity contribution is 8.00. The predicted octanol–water partition coefficient (Wildman–Crippen LogP) is 4.40.